The Balaban J connectivity index is 1.86. The molecule has 0 atom stereocenters. The number of hydrogen-bond donors (Lipinski definition) is 1. The molecule has 72 valence electrons. The molecule has 0 unspecified atom stereocenters. The molecular formula is C9H15N3O. The minimum absolute atomic E-state index is 0.915. The second-order valence-corrected chi connectivity index (χ2v) is 3.37. The lowest BCUT2D eigenvalue weighted by molar-refractivity contribution is 0.273. The molecule has 1 aromatic rings. The van der Waals surface area contributed by atoms with Crippen molar-refractivity contribution in [2.45, 2.75) is 13.0 Å². The Morgan fingerprint density at radius 3 is 3.31 bits per heavy atom. The summed E-state index contributed by atoms with van der Waals surface area (Å²) >= 11 is 0. The van der Waals surface area contributed by atoms with Gasteiger partial charge in [0.25, 0.3) is 0 Å². The number of rotatable bonds is 2. The Kier molecular flexibility index (Phi) is 2.94. The summed E-state index contributed by atoms with van der Waals surface area (Å²) in [5, 5.41) is 7.28. The molecule has 4 nitrogen and oxygen atoms in total. The fourth-order valence-corrected chi connectivity index (χ4v) is 1.61. The van der Waals surface area contributed by atoms with Crippen molar-refractivity contribution in [2.75, 3.05) is 26.2 Å². The second kappa shape index (κ2) is 4.39. The van der Waals surface area contributed by atoms with E-state index in [1.54, 1.807) is 6.26 Å². The first kappa shape index (κ1) is 8.72. The van der Waals surface area contributed by atoms with Crippen LogP contribution in [0.25, 0.3) is 0 Å². The van der Waals surface area contributed by atoms with Crippen LogP contribution in [0.5, 0.6) is 0 Å². The molecule has 1 aliphatic rings. The average Bonchev–Trinajstić information content (AvgIpc) is 2.49. The Bertz CT molecular complexity index is 227. The Morgan fingerprint density at radius 1 is 1.46 bits per heavy atom. The van der Waals surface area contributed by atoms with Gasteiger partial charge in [-0.25, -0.2) is 0 Å². The van der Waals surface area contributed by atoms with Crippen molar-refractivity contribution in [1.82, 2.24) is 15.4 Å². The van der Waals surface area contributed by atoms with Crippen molar-refractivity contribution in [1.29, 1.82) is 0 Å². The Labute approximate surface area is 77.9 Å². The van der Waals surface area contributed by atoms with E-state index in [1.165, 1.54) is 6.42 Å². The van der Waals surface area contributed by atoms with Gasteiger partial charge in [0.15, 0.2) is 0 Å². The molecule has 1 N–H and O–H groups in total. The van der Waals surface area contributed by atoms with Gasteiger partial charge in [0.05, 0.1) is 5.69 Å². The molecule has 0 bridgehead atoms. The van der Waals surface area contributed by atoms with Crippen LogP contribution in [0.1, 0.15) is 12.1 Å². The van der Waals surface area contributed by atoms with Crippen molar-refractivity contribution < 1.29 is 4.52 Å². The summed E-state index contributed by atoms with van der Waals surface area (Å²) in [5.41, 5.74) is 1.03. The standard InChI is InChI=1S/C9H15N3O/c1-3-10-4-6-12(5-1)8-9-2-7-13-11-9/h2,7,10H,1,3-6,8H2. The van der Waals surface area contributed by atoms with E-state index in [4.69, 9.17) is 4.52 Å². The Morgan fingerprint density at radius 2 is 2.46 bits per heavy atom. The van der Waals surface area contributed by atoms with Crippen LogP contribution in [0.3, 0.4) is 0 Å². The van der Waals surface area contributed by atoms with Gasteiger partial charge < -0.3 is 9.84 Å². The quantitative estimate of drug-likeness (QED) is 0.720. The molecule has 1 aliphatic heterocycles. The highest BCUT2D eigenvalue weighted by Crippen LogP contribution is 2.03. The van der Waals surface area contributed by atoms with Crippen molar-refractivity contribution in [3.63, 3.8) is 0 Å². The van der Waals surface area contributed by atoms with Gasteiger partial charge in [-0.2, -0.15) is 0 Å². The van der Waals surface area contributed by atoms with Crippen molar-refractivity contribution in [3.8, 4) is 0 Å². The molecule has 1 fully saturated rings. The predicted molar refractivity (Wildman–Crippen MR) is 49.3 cm³/mol. The molecule has 0 amide bonds. The van der Waals surface area contributed by atoms with Gasteiger partial charge in [-0.1, -0.05) is 5.16 Å². The van der Waals surface area contributed by atoms with E-state index in [0.717, 1.165) is 38.4 Å². The van der Waals surface area contributed by atoms with Crippen LogP contribution in [-0.4, -0.2) is 36.2 Å². The van der Waals surface area contributed by atoms with Gasteiger partial charge in [-0.15, -0.1) is 0 Å². The summed E-state index contributed by atoms with van der Waals surface area (Å²) in [5.74, 6) is 0. The fourth-order valence-electron chi connectivity index (χ4n) is 1.61. The monoisotopic (exact) mass is 181 g/mol. The smallest absolute Gasteiger partial charge is 0.124 e. The molecule has 13 heavy (non-hydrogen) atoms. The highest BCUT2D eigenvalue weighted by molar-refractivity contribution is 4.95. The maximum absolute atomic E-state index is 4.79. The van der Waals surface area contributed by atoms with Gasteiger partial charge in [-0.05, 0) is 19.5 Å². The summed E-state index contributed by atoms with van der Waals surface area (Å²) in [6.07, 6.45) is 2.85. The lowest BCUT2D eigenvalue weighted by Crippen LogP contribution is -2.27. The van der Waals surface area contributed by atoms with Gasteiger partial charge in [0.2, 0.25) is 0 Å². The van der Waals surface area contributed by atoms with Crippen molar-refractivity contribution in [3.05, 3.63) is 18.0 Å². The molecule has 0 aliphatic carbocycles. The minimum Gasteiger partial charge on any atom is -0.364 e. The first-order valence-electron chi connectivity index (χ1n) is 4.77. The SMILES string of the molecule is c1cc(CN2CCCNCC2)no1. The van der Waals surface area contributed by atoms with E-state index in [9.17, 15) is 0 Å². The lowest BCUT2D eigenvalue weighted by atomic mass is 10.3. The van der Waals surface area contributed by atoms with Crippen LogP contribution in [0.2, 0.25) is 0 Å². The maximum Gasteiger partial charge on any atom is 0.124 e. The number of hydrogen-bond acceptors (Lipinski definition) is 4. The first-order chi connectivity index (χ1) is 6.45. The first-order valence-corrected chi connectivity index (χ1v) is 4.77. The molecule has 0 aromatic carbocycles. The van der Waals surface area contributed by atoms with Crippen molar-refractivity contribution >= 4 is 0 Å². The normalized spacial score (nSPS) is 20.0. The number of nitrogens with one attached hydrogen (secondary N) is 1. The maximum atomic E-state index is 4.79. The van der Waals surface area contributed by atoms with Crippen LogP contribution in [0.4, 0.5) is 0 Å². The summed E-state index contributed by atoms with van der Waals surface area (Å²) in [6.45, 7) is 5.39. The van der Waals surface area contributed by atoms with E-state index in [0.29, 0.717) is 0 Å². The van der Waals surface area contributed by atoms with E-state index in [1.807, 2.05) is 6.07 Å². The molecule has 1 saturated heterocycles. The Hall–Kier alpha value is -0.870. The molecule has 2 heterocycles. The van der Waals surface area contributed by atoms with Crippen LogP contribution in [0.15, 0.2) is 16.9 Å². The molecule has 1 aromatic heterocycles. The van der Waals surface area contributed by atoms with Gasteiger partial charge in [-0.3, -0.25) is 4.90 Å². The van der Waals surface area contributed by atoms with Crippen LogP contribution in [-0.2, 0) is 6.54 Å². The zero-order valence-electron chi connectivity index (χ0n) is 7.70. The average molecular weight is 181 g/mol. The molecule has 0 spiro atoms. The highest BCUT2D eigenvalue weighted by atomic mass is 16.5. The number of nitrogens with zero attached hydrogens (tertiary/aromatic N) is 2. The highest BCUT2D eigenvalue weighted by Gasteiger charge is 2.09. The summed E-state index contributed by atoms with van der Waals surface area (Å²) in [7, 11) is 0. The van der Waals surface area contributed by atoms with Gasteiger partial charge in [0.1, 0.15) is 6.26 Å². The zero-order valence-corrected chi connectivity index (χ0v) is 7.70. The van der Waals surface area contributed by atoms with Gasteiger partial charge >= 0.3 is 0 Å². The molecule has 4 heteroatoms. The van der Waals surface area contributed by atoms with E-state index in [-0.39, 0.29) is 0 Å². The summed E-state index contributed by atoms with van der Waals surface area (Å²) in [6, 6.07) is 1.93. The van der Waals surface area contributed by atoms with Crippen molar-refractivity contribution in [2.24, 2.45) is 0 Å². The van der Waals surface area contributed by atoms with Crippen LogP contribution < -0.4 is 5.32 Å². The second-order valence-electron chi connectivity index (χ2n) is 3.37. The van der Waals surface area contributed by atoms with E-state index < -0.39 is 0 Å². The van der Waals surface area contributed by atoms with Crippen LogP contribution >= 0.6 is 0 Å². The lowest BCUT2D eigenvalue weighted by Gasteiger charge is -2.17. The minimum atomic E-state index is 0.915. The predicted octanol–water partition coefficient (Wildman–Crippen LogP) is 0.470. The largest absolute Gasteiger partial charge is 0.364 e. The third-order valence-corrected chi connectivity index (χ3v) is 2.31. The molecular weight excluding hydrogens is 166 g/mol. The summed E-state index contributed by atoms with van der Waals surface area (Å²) < 4.78 is 4.79. The van der Waals surface area contributed by atoms with Gasteiger partial charge in [0, 0.05) is 25.7 Å². The molecule has 0 radical (unpaired) electrons. The van der Waals surface area contributed by atoms with Crippen LogP contribution in [0, 0.1) is 0 Å². The topological polar surface area (TPSA) is 41.3 Å². The molecule has 2 rings (SSSR count). The number of aromatic nitrogens is 1. The summed E-state index contributed by atoms with van der Waals surface area (Å²) in [4.78, 5) is 2.40. The van der Waals surface area contributed by atoms with E-state index >= 15 is 0 Å². The molecule has 0 saturated carbocycles. The zero-order chi connectivity index (χ0) is 8.93. The third kappa shape index (κ3) is 2.54. The van der Waals surface area contributed by atoms with E-state index in [2.05, 4.69) is 15.4 Å². The fraction of sp³-hybridized carbons (Fsp3) is 0.667. The third-order valence-electron chi connectivity index (χ3n) is 2.31.